The van der Waals surface area contributed by atoms with E-state index < -0.39 is 0 Å². The molecule has 1 N–H and O–H groups in total. The van der Waals surface area contributed by atoms with Crippen LogP contribution in [0.3, 0.4) is 0 Å². The molecular weight excluding hydrogens is 140 g/mol. The Hall–Kier alpha value is -1.12. The van der Waals surface area contributed by atoms with E-state index in [0.29, 0.717) is 6.42 Å². The van der Waals surface area contributed by atoms with Gasteiger partial charge in [0.1, 0.15) is 5.78 Å². The highest BCUT2D eigenvalue weighted by molar-refractivity contribution is 5.78. The maximum Gasteiger partial charge on any atom is 0.134 e. The lowest BCUT2D eigenvalue weighted by atomic mass is 10.1. The van der Waals surface area contributed by atoms with E-state index in [2.05, 4.69) is 10.2 Å². The standard InChI is InChI=1S/C8H12N2O/c1-3-8-7(4-6(2)11)5-9-10-8/h5H,3-4H2,1-2H3,(H,9,10). The lowest BCUT2D eigenvalue weighted by Gasteiger charge is -1.94. The van der Waals surface area contributed by atoms with Gasteiger partial charge in [0.05, 0.1) is 6.20 Å². The number of aryl methyl sites for hydroxylation is 1. The van der Waals surface area contributed by atoms with Crippen molar-refractivity contribution in [3.05, 3.63) is 17.5 Å². The summed E-state index contributed by atoms with van der Waals surface area (Å²) >= 11 is 0. The summed E-state index contributed by atoms with van der Waals surface area (Å²) in [7, 11) is 0. The van der Waals surface area contributed by atoms with E-state index in [0.717, 1.165) is 17.7 Å². The molecule has 0 saturated carbocycles. The monoisotopic (exact) mass is 152 g/mol. The van der Waals surface area contributed by atoms with Crippen molar-refractivity contribution in [2.24, 2.45) is 0 Å². The zero-order valence-corrected chi connectivity index (χ0v) is 6.85. The third-order valence-electron chi connectivity index (χ3n) is 1.60. The number of hydrogen-bond acceptors (Lipinski definition) is 2. The van der Waals surface area contributed by atoms with Gasteiger partial charge in [-0.3, -0.25) is 9.89 Å². The van der Waals surface area contributed by atoms with E-state index in [9.17, 15) is 4.79 Å². The van der Waals surface area contributed by atoms with Crippen molar-refractivity contribution < 1.29 is 4.79 Å². The molecule has 0 spiro atoms. The quantitative estimate of drug-likeness (QED) is 0.705. The van der Waals surface area contributed by atoms with Gasteiger partial charge < -0.3 is 0 Å². The highest BCUT2D eigenvalue weighted by Crippen LogP contribution is 2.05. The number of Topliss-reactive ketones (excluding diaryl/α,β-unsaturated/α-hetero) is 1. The van der Waals surface area contributed by atoms with E-state index in [1.54, 1.807) is 13.1 Å². The Morgan fingerprint density at radius 2 is 2.45 bits per heavy atom. The van der Waals surface area contributed by atoms with Crippen molar-refractivity contribution in [2.45, 2.75) is 26.7 Å². The van der Waals surface area contributed by atoms with Crippen LogP contribution < -0.4 is 0 Å². The number of carbonyl (C=O) groups is 1. The molecule has 0 amide bonds. The van der Waals surface area contributed by atoms with E-state index in [1.807, 2.05) is 6.92 Å². The van der Waals surface area contributed by atoms with Gasteiger partial charge >= 0.3 is 0 Å². The minimum Gasteiger partial charge on any atom is -0.300 e. The Labute approximate surface area is 65.8 Å². The summed E-state index contributed by atoms with van der Waals surface area (Å²) in [6, 6.07) is 0. The number of H-pyrrole nitrogens is 1. The third-order valence-corrected chi connectivity index (χ3v) is 1.60. The minimum absolute atomic E-state index is 0.182. The van der Waals surface area contributed by atoms with Gasteiger partial charge in [0.15, 0.2) is 0 Å². The molecule has 0 radical (unpaired) electrons. The summed E-state index contributed by atoms with van der Waals surface area (Å²) < 4.78 is 0. The Morgan fingerprint density at radius 3 is 3.00 bits per heavy atom. The topological polar surface area (TPSA) is 45.8 Å². The third kappa shape index (κ3) is 1.90. The van der Waals surface area contributed by atoms with Crippen LogP contribution in [0.25, 0.3) is 0 Å². The van der Waals surface area contributed by atoms with Crippen molar-refractivity contribution in [1.29, 1.82) is 0 Å². The molecule has 0 aliphatic carbocycles. The molecule has 0 aromatic carbocycles. The van der Waals surface area contributed by atoms with Crippen molar-refractivity contribution in [1.82, 2.24) is 10.2 Å². The molecule has 0 atom stereocenters. The molecule has 0 unspecified atom stereocenters. The largest absolute Gasteiger partial charge is 0.300 e. The molecule has 3 heteroatoms. The zero-order chi connectivity index (χ0) is 8.27. The highest BCUT2D eigenvalue weighted by Gasteiger charge is 2.04. The van der Waals surface area contributed by atoms with Crippen molar-refractivity contribution in [3.63, 3.8) is 0 Å². The molecule has 1 heterocycles. The smallest absolute Gasteiger partial charge is 0.134 e. The summed E-state index contributed by atoms with van der Waals surface area (Å²) in [6.07, 6.45) is 3.13. The van der Waals surface area contributed by atoms with Gasteiger partial charge in [0.25, 0.3) is 0 Å². The maximum absolute atomic E-state index is 10.7. The molecule has 60 valence electrons. The predicted octanol–water partition coefficient (Wildman–Crippen LogP) is 1.10. The lowest BCUT2D eigenvalue weighted by molar-refractivity contribution is -0.116. The van der Waals surface area contributed by atoms with Gasteiger partial charge in [-0.15, -0.1) is 0 Å². The Morgan fingerprint density at radius 1 is 1.73 bits per heavy atom. The van der Waals surface area contributed by atoms with Crippen LogP contribution in [-0.4, -0.2) is 16.0 Å². The first-order chi connectivity index (χ1) is 5.24. The second-order valence-corrected chi connectivity index (χ2v) is 2.61. The van der Waals surface area contributed by atoms with Gasteiger partial charge in [-0.2, -0.15) is 5.10 Å². The lowest BCUT2D eigenvalue weighted by Crippen LogP contribution is -1.97. The number of aromatic amines is 1. The first-order valence-electron chi connectivity index (χ1n) is 3.74. The van der Waals surface area contributed by atoms with Crippen LogP contribution in [0.4, 0.5) is 0 Å². The molecular formula is C8H12N2O. The zero-order valence-electron chi connectivity index (χ0n) is 6.85. The maximum atomic E-state index is 10.7. The normalized spacial score (nSPS) is 10.0. The summed E-state index contributed by atoms with van der Waals surface area (Å²) in [6.45, 7) is 3.63. The van der Waals surface area contributed by atoms with Crippen LogP contribution in [0.1, 0.15) is 25.1 Å². The van der Waals surface area contributed by atoms with E-state index >= 15 is 0 Å². The summed E-state index contributed by atoms with van der Waals surface area (Å²) in [5, 5.41) is 6.73. The molecule has 1 aromatic rings. The molecule has 3 nitrogen and oxygen atoms in total. The van der Waals surface area contributed by atoms with E-state index in [4.69, 9.17) is 0 Å². The fourth-order valence-corrected chi connectivity index (χ4v) is 1.06. The molecule has 0 saturated heterocycles. The number of nitrogens with one attached hydrogen (secondary N) is 1. The van der Waals surface area contributed by atoms with Gasteiger partial charge in [-0.1, -0.05) is 6.92 Å². The average Bonchev–Trinajstić information content (AvgIpc) is 2.34. The molecule has 1 aromatic heterocycles. The fraction of sp³-hybridized carbons (Fsp3) is 0.500. The van der Waals surface area contributed by atoms with E-state index in [1.165, 1.54) is 0 Å². The number of carbonyl (C=O) groups excluding carboxylic acids is 1. The summed E-state index contributed by atoms with van der Waals surface area (Å²) in [5.74, 6) is 0.182. The second kappa shape index (κ2) is 3.32. The van der Waals surface area contributed by atoms with Crippen molar-refractivity contribution in [3.8, 4) is 0 Å². The average molecular weight is 152 g/mol. The number of hydrogen-bond donors (Lipinski definition) is 1. The molecule has 0 bridgehead atoms. The molecule has 1 rings (SSSR count). The first kappa shape index (κ1) is 7.98. The minimum atomic E-state index is 0.182. The second-order valence-electron chi connectivity index (χ2n) is 2.61. The van der Waals surface area contributed by atoms with Crippen molar-refractivity contribution >= 4 is 5.78 Å². The van der Waals surface area contributed by atoms with Crippen LogP contribution in [0.15, 0.2) is 6.20 Å². The summed E-state index contributed by atoms with van der Waals surface area (Å²) in [4.78, 5) is 10.7. The van der Waals surface area contributed by atoms with Gasteiger partial charge in [0.2, 0.25) is 0 Å². The molecule has 11 heavy (non-hydrogen) atoms. The SMILES string of the molecule is CCc1[nH]ncc1CC(C)=O. The molecule has 0 fully saturated rings. The van der Waals surface area contributed by atoms with Crippen molar-refractivity contribution in [2.75, 3.05) is 0 Å². The predicted molar refractivity (Wildman–Crippen MR) is 42.4 cm³/mol. The van der Waals surface area contributed by atoms with E-state index in [-0.39, 0.29) is 5.78 Å². The Bertz CT molecular complexity index is 252. The number of rotatable bonds is 3. The number of ketones is 1. The fourth-order valence-electron chi connectivity index (χ4n) is 1.06. The van der Waals surface area contributed by atoms with Crippen LogP contribution in [-0.2, 0) is 17.6 Å². The highest BCUT2D eigenvalue weighted by atomic mass is 16.1. The Kier molecular flexibility index (Phi) is 2.41. The first-order valence-corrected chi connectivity index (χ1v) is 3.74. The van der Waals surface area contributed by atoms with Gasteiger partial charge in [-0.25, -0.2) is 0 Å². The van der Waals surface area contributed by atoms with Crippen LogP contribution >= 0.6 is 0 Å². The molecule has 0 aliphatic heterocycles. The number of aromatic nitrogens is 2. The van der Waals surface area contributed by atoms with Gasteiger partial charge in [-0.05, 0) is 13.3 Å². The Balaban J connectivity index is 2.76. The van der Waals surface area contributed by atoms with Gasteiger partial charge in [0, 0.05) is 17.7 Å². The molecule has 0 aliphatic rings. The van der Waals surface area contributed by atoms with Crippen LogP contribution in [0, 0.1) is 0 Å². The van der Waals surface area contributed by atoms with Crippen LogP contribution in [0.2, 0.25) is 0 Å². The van der Waals surface area contributed by atoms with Crippen LogP contribution in [0.5, 0.6) is 0 Å². The summed E-state index contributed by atoms with van der Waals surface area (Å²) in [5.41, 5.74) is 2.10. The number of nitrogens with zero attached hydrogens (tertiary/aromatic N) is 1.